The number of nitrogens with zero attached hydrogens (tertiary/aromatic N) is 3. The zero-order valence-electron chi connectivity index (χ0n) is 14.4. The van der Waals surface area contributed by atoms with Crippen LogP contribution in [0.1, 0.15) is 28.9 Å². The van der Waals surface area contributed by atoms with E-state index in [0.717, 1.165) is 17.7 Å². The summed E-state index contributed by atoms with van der Waals surface area (Å²) in [7, 11) is -3.50. The molecule has 4 rings (SSSR count). The molecule has 1 amide bonds. The van der Waals surface area contributed by atoms with Crippen LogP contribution in [0.2, 0.25) is 0 Å². The van der Waals surface area contributed by atoms with Gasteiger partial charge in [0.1, 0.15) is 5.69 Å². The fraction of sp³-hybridized carbons (Fsp3) is 0.368. The van der Waals surface area contributed by atoms with E-state index < -0.39 is 15.3 Å². The van der Waals surface area contributed by atoms with Gasteiger partial charge in [-0.1, -0.05) is 24.3 Å². The van der Waals surface area contributed by atoms with Gasteiger partial charge in [-0.2, -0.15) is 0 Å². The SMILES string of the molecule is O=C(c1ccccn1)N1CCC[C@@H](S(=O)(=O)N2CCc3ccccc32)C1. The van der Waals surface area contributed by atoms with Crippen molar-refractivity contribution in [2.75, 3.05) is 23.9 Å². The Bertz CT molecular complexity index is 915. The number of carbonyl (C=O) groups is 1. The molecule has 136 valence electrons. The van der Waals surface area contributed by atoms with E-state index in [2.05, 4.69) is 4.98 Å². The second kappa shape index (κ2) is 6.72. The Morgan fingerprint density at radius 3 is 2.69 bits per heavy atom. The van der Waals surface area contributed by atoms with Crippen LogP contribution in [0, 0.1) is 0 Å². The van der Waals surface area contributed by atoms with Crippen LogP contribution in [0.4, 0.5) is 5.69 Å². The molecule has 1 fully saturated rings. The Hall–Kier alpha value is -2.41. The number of sulfonamides is 1. The zero-order valence-corrected chi connectivity index (χ0v) is 15.2. The highest BCUT2D eigenvalue weighted by Gasteiger charge is 2.39. The third-order valence-corrected chi connectivity index (χ3v) is 7.34. The molecule has 0 bridgehead atoms. The number of rotatable bonds is 3. The summed E-state index contributed by atoms with van der Waals surface area (Å²) in [5.74, 6) is -0.202. The van der Waals surface area contributed by atoms with Gasteiger partial charge >= 0.3 is 0 Å². The Balaban J connectivity index is 1.55. The van der Waals surface area contributed by atoms with Gasteiger partial charge < -0.3 is 4.90 Å². The van der Waals surface area contributed by atoms with Gasteiger partial charge in [0.15, 0.2) is 0 Å². The zero-order chi connectivity index (χ0) is 18.1. The molecule has 0 unspecified atom stereocenters. The first-order valence-corrected chi connectivity index (χ1v) is 10.4. The molecule has 0 aliphatic carbocycles. The molecule has 1 saturated heterocycles. The normalized spacial score (nSPS) is 20.1. The van der Waals surface area contributed by atoms with Crippen LogP contribution < -0.4 is 4.31 Å². The number of carbonyl (C=O) groups excluding carboxylic acids is 1. The van der Waals surface area contributed by atoms with Crippen LogP contribution in [-0.4, -0.2) is 49.1 Å². The number of aromatic nitrogens is 1. The highest BCUT2D eigenvalue weighted by molar-refractivity contribution is 7.93. The molecule has 1 atom stereocenters. The average molecular weight is 371 g/mol. The lowest BCUT2D eigenvalue weighted by Crippen LogP contribution is -2.49. The van der Waals surface area contributed by atoms with Gasteiger partial charge in [-0.05, 0) is 43.0 Å². The molecule has 0 N–H and O–H groups in total. The summed E-state index contributed by atoms with van der Waals surface area (Å²) in [5.41, 5.74) is 2.20. The van der Waals surface area contributed by atoms with Gasteiger partial charge in [-0.15, -0.1) is 0 Å². The molecule has 0 radical (unpaired) electrons. The van der Waals surface area contributed by atoms with Crippen molar-refractivity contribution in [1.29, 1.82) is 0 Å². The Kier molecular flexibility index (Phi) is 4.40. The molecule has 1 aromatic carbocycles. The van der Waals surface area contributed by atoms with Gasteiger partial charge in [0.2, 0.25) is 10.0 Å². The quantitative estimate of drug-likeness (QED) is 0.828. The smallest absolute Gasteiger partial charge is 0.272 e. The fourth-order valence-electron chi connectivity index (χ4n) is 3.77. The molecule has 2 aliphatic heterocycles. The third kappa shape index (κ3) is 2.96. The second-order valence-corrected chi connectivity index (χ2v) is 8.86. The molecular formula is C19H21N3O3S. The fourth-order valence-corrected chi connectivity index (χ4v) is 5.76. The van der Waals surface area contributed by atoms with E-state index in [1.807, 2.05) is 24.3 Å². The minimum atomic E-state index is -3.50. The van der Waals surface area contributed by atoms with Gasteiger partial charge in [0.05, 0.1) is 10.9 Å². The van der Waals surface area contributed by atoms with Crippen LogP contribution in [0.15, 0.2) is 48.7 Å². The maximum absolute atomic E-state index is 13.2. The molecular weight excluding hydrogens is 350 g/mol. The number of piperidine rings is 1. The lowest BCUT2D eigenvalue weighted by molar-refractivity contribution is 0.0721. The van der Waals surface area contributed by atoms with Crippen LogP contribution >= 0.6 is 0 Å². The average Bonchev–Trinajstić information content (AvgIpc) is 3.13. The minimum absolute atomic E-state index is 0.202. The molecule has 26 heavy (non-hydrogen) atoms. The molecule has 2 aromatic rings. The van der Waals surface area contributed by atoms with E-state index in [-0.39, 0.29) is 12.5 Å². The number of anilines is 1. The largest absolute Gasteiger partial charge is 0.336 e. The van der Waals surface area contributed by atoms with Crippen LogP contribution in [-0.2, 0) is 16.4 Å². The maximum atomic E-state index is 13.2. The molecule has 2 aliphatic rings. The number of hydrogen-bond donors (Lipinski definition) is 0. The number of likely N-dealkylation sites (tertiary alicyclic amines) is 1. The number of fused-ring (bicyclic) bond motifs is 1. The van der Waals surface area contributed by atoms with E-state index in [1.54, 1.807) is 29.3 Å². The van der Waals surface area contributed by atoms with Crippen molar-refractivity contribution < 1.29 is 13.2 Å². The summed E-state index contributed by atoms with van der Waals surface area (Å²) in [6.45, 7) is 1.26. The Labute approximate surface area is 153 Å². The first kappa shape index (κ1) is 17.0. The van der Waals surface area contributed by atoms with Crippen molar-refractivity contribution >= 4 is 21.6 Å². The van der Waals surface area contributed by atoms with E-state index >= 15 is 0 Å². The summed E-state index contributed by atoms with van der Waals surface area (Å²) in [5, 5.41) is -0.574. The molecule has 6 nitrogen and oxygen atoms in total. The van der Waals surface area contributed by atoms with Gasteiger partial charge in [0.25, 0.3) is 5.91 Å². The van der Waals surface area contributed by atoms with Crippen molar-refractivity contribution in [2.45, 2.75) is 24.5 Å². The molecule has 7 heteroatoms. The predicted molar refractivity (Wildman–Crippen MR) is 99.6 cm³/mol. The monoisotopic (exact) mass is 371 g/mol. The van der Waals surface area contributed by atoms with Crippen molar-refractivity contribution in [3.63, 3.8) is 0 Å². The number of hydrogen-bond acceptors (Lipinski definition) is 4. The highest BCUT2D eigenvalue weighted by Crippen LogP contribution is 2.33. The van der Waals surface area contributed by atoms with Crippen LogP contribution in [0.5, 0.6) is 0 Å². The van der Waals surface area contributed by atoms with E-state index in [0.29, 0.717) is 31.6 Å². The number of amides is 1. The lowest BCUT2D eigenvalue weighted by Gasteiger charge is -2.34. The summed E-state index contributed by atoms with van der Waals surface area (Å²) in [6, 6.07) is 12.8. The molecule has 1 aromatic heterocycles. The third-order valence-electron chi connectivity index (χ3n) is 5.12. The van der Waals surface area contributed by atoms with Crippen molar-refractivity contribution in [1.82, 2.24) is 9.88 Å². The standard InChI is InChI=1S/C19H21N3O3S/c23-19(17-8-3-4-11-20-17)21-12-5-7-16(14-21)26(24,25)22-13-10-15-6-1-2-9-18(15)22/h1-4,6,8-9,11,16H,5,7,10,12-14H2/t16-/m1/s1. The number of pyridine rings is 1. The van der Waals surface area contributed by atoms with Crippen molar-refractivity contribution in [3.05, 3.63) is 59.9 Å². The number of para-hydroxylation sites is 1. The van der Waals surface area contributed by atoms with Gasteiger partial charge in [-0.25, -0.2) is 8.42 Å². The predicted octanol–water partition coefficient (Wildman–Crippen LogP) is 2.08. The van der Waals surface area contributed by atoms with E-state index in [4.69, 9.17) is 0 Å². The molecule has 3 heterocycles. The Morgan fingerprint density at radius 1 is 1.08 bits per heavy atom. The van der Waals surface area contributed by atoms with E-state index in [9.17, 15) is 13.2 Å². The summed E-state index contributed by atoms with van der Waals surface area (Å²) >= 11 is 0. The second-order valence-electron chi connectivity index (χ2n) is 6.73. The highest BCUT2D eigenvalue weighted by atomic mass is 32.2. The topological polar surface area (TPSA) is 70.6 Å². The Morgan fingerprint density at radius 2 is 1.88 bits per heavy atom. The van der Waals surface area contributed by atoms with Crippen molar-refractivity contribution in [2.24, 2.45) is 0 Å². The number of benzene rings is 1. The lowest BCUT2D eigenvalue weighted by atomic mass is 10.1. The molecule has 0 saturated carbocycles. The summed E-state index contributed by atoms with van der Waals surface area (Å²) in [4.78, 5) is 18.4. The maximum Gasteiger partial charge on any atom is 0.272 e. The van der Waals surface area contributed by atoms with E-state index in [1.165, 1.54) is 4.31 Å². The molecule has 0 spiro atoms. The summed E-state index contributed by atoms with van der Waals surface area (Å²) in [6.07, 6.45) is 3.57. The van der Waals surface area contributed by atoms with Crippen LogP contribution in [0.25, 0.3) is 0 Å². The van der Waals surface area contributed by atoms with Gasteiger partial charge in [0, 0.05) is 25.8 Å². The van der Waals surface area contributed by atoms with Crippen LogP contribution in [0.3, 0.4) is 0 Å². The first-order chi connectivity index (χ1) is 12.6. The van der Waals surface area contributed by atoms with Gasteiger partial charge in [-0.3, -0.25) is 14.1 Å². The summed E-state index contributed by atoms with van der Waals surface area (Å²) < 4.78 is 28.0. The van der Waals surface area contributed by atoms with Crippen molar-refractivity contribution in [3.8, 4) is 0 Å². The first-order valence-electron chi connectivity index (χ1n) is 8.87. The minimum Gasteiger partial charge on any atom is -0.336 e.